The molecule has 0 aromatic rings. The van der Waals surface area contributed by atoms with E-state index in [0.29, 0.717) is 12.8 Å². The number of rotatable bonds is 35. The summed E-state index contributed by atoms with van der Waals surface area (Å²) in [4.78, 5) is 13.2. The van der Waals surface area contributed by atoms with Crippen molar-refractivity contribution in [2.45, 2.75) is 247 Å². The fourth-order valence-electron chi connectivity index (χ4n) is 8.68. The molecule has 0 saturated carbocycles. The van der Waals surface area contributed by atoms with Crippen LogP contribution >= 0.6 is 0 Å². The van der Waals surface area contributed by atoms with E-state index >= 15 is 0 Å². The van der Waals surface area contributed by atoms with Gasteiger partial charge in [0.25, 0.3) is 0 Å². The Morgan fingerprint density at radius 3 is 1.57 bits per heavy atom. The standard InChI is InChI=1S/C50H89NO18/c1-3-5-7-9-11-12-13-14-15-16-17-18-19-20-22-24-26-28-38(56)51-33(34(55)27-25-23-21-10-8-6-4-2)32-64-48-44(62)41(59)46(36(30-53)66-48)69-50-45(63)42(60)47(37(31-54)67-50)68-49-43(61)40(58)39(57)35(29-52)65-49/h5,7,11-12,14-15,33-37,39-50,52-55,57-63H,3-4,6,8-10,13,16-32H2,1-2H3,(H,51,56)/b7-5-,12-11-,15-14-. The molecule has 17 atom stereocenters. The first kappa shape index (κ1) is 61.3. The van der Waals surface area contributed by atoms with Crippen LogP contribution in [0.25, 0.3) is 0 Å². The fourth-order valence-corrected chi connectivity index (χ4v) is 8.68. The van der Waals surface area contributed by atoms with Gasteiger partial charge in [0.2, 0.25) is 5.91 Å². The molecule has 69 heavy (non-hydrogen) atoms. The van der Waals surface area contributed by atoms with Crippen molar-refractivity contribution < 1.29 is 89.4 Å². The Labute approximate surface area is 409 Å². The van der Waals surface area contributed by atoms with Crippen LogP contribution in [0.15, 0.2) is 36.5 Å². The highest BCUT2D eigenvalue weighted by Gasteiger charge is 2.53. The van der Waals surface area contributed by atoms with Crippen molar-refractivity contribution in [1.82, 2.24) is 5.32 Å². The van der Waals surface area contributed by atoms with Gasteiger partial charge in [-0.25, -0.2) is 0 Å². The lowest BCUT2D eigenvalue weighted by molar-refractivity contribution is -0.379. The Hall–Kier alpha value is -1.99. The summed E-state index contributed by atoms with van der Waals surface area (Å²) < 4.78 is 34.1. The zero-order valence-electron chi connectivity index (χ0n) is 41.0. The molecule has 12 N–H and O–H groups in total. The van der Waals surface area contributed by atoms with Crippen LogP contribution in [0.4, 0.5) is 0 Å². The maximum Gasteiger partial charge on any atom is 0.220 e. The van der Waals surface area contributed by atoms with Gasteiger partial charge in [0.05, 0.1) is 38.6 Å². The normalized spacial score (nSPS) is 33.1. The van der Waals surface area contributed by atoms with Crippen molar-refractivity contribution in [1.29, 1.82) is 0 Å². The minimum absolute atomic E-state index is 0.253. The molecule has 0 spiro atoms. The number of aliphatic hydroxyl groups excluding tert-OH is 11. The molecule has 0 bridgehead atoms. The van der Waals surface area contributed by atoms with Gasteiger partial charge in [-0.3, -0.25) is 4.79 Å². The summed E-state index contributed by atoms with van der Waals surface area (Å²) in [6.07, 6.45) is 5.70. The van der Waals surface area contributed by atoms with Crippen LogP contribution in [0, 0.1) is 0 Å². The number of unbranched alkanes of at least 4 members (excludes halogenated alkanes) is 13. The third kappa shape index (κ3) is 21.2. The molecule has 19 nitrogen and oxygen atoms in total. The molecular weight excluding hydrogens is 903 g/mol. The van der Waals surface area contributed by atoms with Crippen molar-refractivity contribution in [3.8, 4) is 0 Å². The lowest BCUT2D eigenvalue weighted by Gasteiger charge is -2.48. The Bertz CT molecular complexity index is 1420. The molecule has 19 heteroatoms. The zero-order valence-corrected chi connectivity index (χ0v) is 41.0. The van der Waals surface area contributed by atoms with Gasteiger partial charge in [-0.15, -0.1) is 0 Å². The molecule has 0 radical (unpaired) electrons. The van der Waals surface area contributed by atoms with E-state index in [0.717, 1.165) is 103 Å². The molecule has 0 aromatic carbocycles. The van der Waals surface area contributed by atoms with Crippen LogP contribution in [0.3, 0.4) is 0 Å². The molecule has 3 rings (SSSR count). The Morgan fingerprint density at radius 2 is 1.00 bits per heavy atom. The van der Waals surface area contributed by atoms with Crippen LogP contribution in [0.2, 0.25) is 0 Å². The molecular formula is C50H89NO18. The number of hydrogen-bond donors (Lipinski definition) is 12. The molecule has 3 fully saturated rings. The van der Waals surface area contributed by atoms with Gasteiger partial charge in [0.1, 0.15) is 73.2 Å². The molecule has 0 aromatic heterocycles. The van der Waals surface area contributed by atoms with Crippen molar-refractivity contribution in [2.75, 3.05) is 26.4 Å². The van der Waals surface area contributed by atoms with E-state index in [1.165, 1.54) is 6.42 Å². The molecule has 3 saturated heterocycles. The molecule has 3 aliphatic heterocycles. The van der Waals surface area contributed by atoms with E-state index in [9.17, 15) is 61.0 Å². The first-order valence-electron chi connectivity index (χ1n) is 25.7. The lowest BCUT2D eigenvalue weighted by atomic mass is 9.96. The van der Waals surface area contributed by atoms with Gasteiger partial charge >= 0.3 is 0 Å². The van der Waals surface area contributed by atoms with E-state index in [4.69, 9.17) is 28.4 Å². The summed E-state index contributed by atoms with van der Waals surface area (Å²) in [6.45, 7) is 1.57. The summed E-state index contributed by atoms with van der Waals surface area (Å²) in [5.41, 5.74) is 0. The van der Waals surface area contributed by atoms with Crippen LogP contribution in [0.1, 0.15) is 142 Å². The van der Waals surface area contributed by atoms with Crippen molar-refractivity contribution in [3.63, 3.8) is 0 Å². The fraction of sp³-hybridized carbons (Fsp3) is 0.860. The van der Waals surface area contributed by atoms with Crippen LogP contribution in [0.5, 0.6) is 0 Å². The summed E-state index contributed by atoms with van der Waals surface area (Å²) in [6, 6.07) is -0.888. The first-order valence-corrected chi connectivity index (χ1v) is 25.7. The number of carbonyl (C=O) groups excluding carboxylic acids is 1. The van der Waals surface area contributed by atoms with Crippen molar-refractivity contribution in [3.05, 3.63) is 36.5 Å². The third-order valence-corrected chi connectivity index (χ3v) is 13.0. The van der Waals surface area contributed by atoms with E-state index in [1.807, 2.05) is 0 Å². The number of aliphatic hydroxyl groups is 11. The van der Waals surface area contributed by atoms with Crippen LogP contribution < -0.4 is 5.32 Å². The predicted molar refractivity (Wildman–Crippen MR) is 254 cm³/mol. The van der Waals surface area contributed by atoms with Gasteiger partial charge in [0.15, 0.2) is 18.9 Å². The minimum Gasteiger partial charge on any atom is -0.394 e. The average Bonchev–Trinajstić information content (AvgIpc) is 3.34. The van der Waals surface area contributed by atoms with Crippen LogP contribution in [-0.4, -0.2) is 193 Å². The lowest BCUT2D eigenvalue weighted by Crippen LogP contribution is -2.66. The van der Waals surface area contributed by atoms with Gasteiger partial charge in [-0.2, -0.15) is 0 Å². The van der Waals surface area contributed by atoms with Crippen molar-refractivity contribution >= 4 is 5.91 Å². The highest BCUT2D eigenvalue weighted by molar-refractivity contribution is 5.76. The first-order chi connectivity index (χ1) is 33.3. The number of ether oxygens (including phenoxy) is 6. The third-order valence-electron chi connectivity index (χ3n) is 13.0. The summed E-state index contributed by atoms with van der Waals surface area (Å²) in [5.74, 6) is -0.261. The maximum absolute atomic E-state index is 13.2. The molecule has 3 heterocycles. The number of amides is 1. The molecule has 3 aliphatic rings. The Morgan fingerprint density at radius 1 is 0.536 bits per heavy atom. The molecule has 0 aliphatic carbocycles. The number of allylic oxidation sites excluding steroid dienone is 6. The Balaban J connectivity index is 1.51. The average molecular weight is 992 g/mol. The minimum atomic E-state index is -1.97. The summed E-state index contributed by atoms with van der Waals surface area (Å²) in [7, 11) is 0. The predicted octanol–water partition coefficient (Wildman–Crippen LogP) is 1.81. The zero-order chi connectivity index (χ0) is 50.6. The Kier molecular flexibility index (Phi) is 31.3. The van der Waals surface area contributed by atoms with E-state index in [-0.39, 0.29) is 18.9 Å². The van der Waals surface area contributed by atoms with E-state index < -0.39 is 124 Å². The monoisotopic (exact) mass is 992 g/mol. The van der Waals surface area contributed by atoms with Gasteiger partial charge in [0, 0.05) is 6.42 Å². The summed E-state index contributed by atoms with van der Waals surface area (Å²) in [5, 5.41) is 119. The van der Waals surface area contributed by atoms with Gasteiger partial charge < -0.3 is 89.9 Å². The van der Waals surface area contributed by atoms with Crippen LogP contribution in [-0.2, 0) is 33.2 Å². The second kappa shape index (κ2) is 35.2. The van der Waals surface area contributed by atoms with E-state index in [1.54, 1.807) is 0 Å². The molecule has 402 valence electrons. The SMILES string of the molecule is CC/C=C\C/C=C\C/C=C\CCCCCCCCCC(=O)NC(COC1OC(CO)C(OC2OC(CO)C(OC3OC(CO)C(O)C(O)C3O)C(O)C2O)C(O)C1O)C(O)CCCCCCCCC. The van der Waals surface area contributed by atoms with Gasteiger partial charge in [-0.05, 0) is 44.9 Å². The van der Waals surface area contributed by atoms with E-state index in [2.05, 4.69) is 55.6 Å². The second-order valence-corrected chi connectivity index (χ2v) is 18.6. The maximum atomic E-state index is 13.2. The molecule has 1 amide bonds. The largest absolute Gasteiger partial charge is 0.394 e. The smallest absolute Gasteiger partial charge is 0.220 e. The highest BCUT2D eigenvalue weighted by atomic mass is 16.8. The number of hydrogen-bond acceptors (Lipinski definition) is 18. The number of carbonyl (C=O) groups is 1. The highest BCUT2D eigenvalue weighted by Crippen LogP contribution is 2.33. The van der Waals surface area contributed by atoms with Crippen molar-refractivity contribution in [2.24, 2.45) is 0 Å². The van der Waals surface area contributed by atoms with Gasteiger partial charge in [-0.1, -0.05) is 127 Å². The second-order valence-electron chi connectivity index (χ2n) is 18.6. The topological polar surface area (TPSA) is 307 Å². The molecule has 17 unspecified atom stereocenters. The number of nitrogens with one attached hydrogen (secondary N) is 1. The quantitative estimate of drug-likeness (QED) is 0.0318. The summed E-state index contributed by atoms with van der Waals surface area (Å²) >= 11 is 0.